The van der Waals surface area contributed by atoms with Gasteiger partial charge in [0.1, 0.15) is 12.4 Å². The molecule has 0 aliphatic carbocycles. The van der Waals surface area contributed by atoms with Crippen molar-refractivity contribution in [3.05, 3.63) is 35.6 Å². The van der Waals surface area contributed by atoms with Gasteiger partial charge in [-0.15, -0.1) is 11.3 Å². The maximum absolute atomic E-state index is 9.85. The normalized spacial score (nSPS) is 13.3. The van der Waals surface area contributed by atoms with E-state index in [2.05, 4.69) is 20.2 Å². The van der Waals surface area contributed by atoms with Crippen LogP contribution in [0.2, 0.25) is 0 Å². The smallest absolute Gasteiger partial charge is 0.193 e. The number of H-pyrrole nitrogens is 1. The first-order valence-electron chi connectivity index (χ1n) is 4.77. The summed E-state index contributed by atoms with van der Waals surface area (Å²) in [7, 11) is 0. The van der Waals surface area contributed by atoms with E-state index in [4.69, 9.17) is 0 Å². The number of thiazole rings is 1. The lowest BCUT2D eigenvalue weighted by Crippen LogP contribution is -2.04. The first-order chi connectivity index (χ1) is 7.83. The van der Waals surface area contributed by atoms with Crippen molar-refractivity contribution in [3.8, 4) is 0 Å². The van der Waals surface area contributed by atoms with Crippen LogP contribution in [0.5, 0.6) is 0 Å². The van der Waals surface area contributed by atoms with Crippen LogP contribution in [0.1, 0.15) is 17.6 Å². The average Bonchev–Trinajstić information content (AvgIpc) is 2.91. The summed E-state index contributed by atoms with van der Waals surface area (Å²) < 4.78 is 1.94. The maximum Gasteiger partial charge on any atom is 0.193 e. The van der Waals surface area contributed by atoms with Crippen LogP contribution in [-0.2, 0) is 6.42 Å². The van der Waals surface area contributed by atoms with Gasteiger partial charge in [0.25, 0.3) is 0 Å². The summed E-state index contributed by atoms with van der Waals surface area (Å²) in [6.07, 6.45) is 4.98. The first kappa shape index (κ1) is 9.49. The van der Waals surface area contributed by atoms with Crippen molar-refractivity contribution >= 4 is 16.3 Å². The minimum Gasteiger partial charge on any atom is -0.385 e. The summed E-state index contributed by atoms with van der Waals surface area (Å²) >= 11 is 1.57. The van der Waals surface area contributed by atoms with E-state index >= 15 is 0 Å². The third-order valence-electron chi connectivity index (χ3n) is 2.29. The largest absolute Gasteiger partial charge is 0.385 e. The molecule has 0 aliphatic rings. The van der Waals surface area contributed by atoms with Gasteiger partial charge in [-0.25, -0.2) is 9.97 Å². The zero-order valence-corrected chi connectivity index (χ0v) is 9.05. The number of rotatable bonds is 3. The third kappa shape index (κ3) is 1.59. The molecule has 2 N–H and O–H groups in total. The second-order valence-corrected chi connectivity index (χ2v) is 4.29. The molecule has 1 atom stereocenters. The van der Waals surface area contributed by atoms with Gasteiger partial charge in [0.2, 0.25) is 0 Å². The number of nitrogens with zero attached hydrogens (tertiary/aromatic N) is 4. The van der Waals surface area contributed by atoms with Crippen molar-refractivity contribution in [1.82, 2.24) is 24.6 Å². The third-order valence-corrected chi connectivity index (χ3v) is 3.07. The summed E-state index contributed by atoms with van der Waals surface area (Å²) in [4.78, 5) is 9.22. The molecule has 0 aromatic carbocycles. The fourth-order valence-corrected chi connectivity index (χ4v) is 2.26. The molecule has 0 bridgehead atoms. The molecule has 7 heteroatoms. The predicted molar refractivity (Wildman–Crippen MR) is 58.1 cm³/mol. The van der Waals surface area contributed by atoms with Gasteiger partial charge in [-0.05, 0) is 0 Å². The molecule has 0 spiro atoms. The molecule has 0 saturated carbocycles. The zero-order chi connectivity index (χ0) is 11.0. The van der Waals surface area contributed by atoms with E-state index in [0.29, 0.717) is 12.2 Å². The van der Waals surface area contributed by atoms with E-state index in [1.165, 1.54) is 6.33 Å². The van der Waals surface area contributed by atoms with Crippen LogP contribution >= 0.6 is 11.3 Å². The van der Waals surface area contributed by atoms with Crippen molar-refractivity contribution in [2.24, 2.45) is 0 Å². The SMILES string of the molecule is OC(Cc1cn2ccsc2n1)c1ncn[nH]1. The van der Waals surface area contributed by atoms with E-state index < -0.39 is 6.10 Å². The molecule has 3 aromatic rings. The van der Waals surface area contributed by atoms with E-state index in [1.807, 2.05) is 22.2 Å². The van der Waals surface area contributed by atoms with E-state index in [9.17, 15) is 5.11 Å². The molecule has 0 saturated heterocycles. The van der Waals surface area contributed by atoms with Crippen molar-refractivity contribution in [2.45, 2.75) is 12.5 Å². The summed E-state index contributed by atoms with van der Waals surface area (Å²) in [5.74, 6) is 0.469. The first-order valence-corrected chi connectivity index (χ1v) is 5.65. The lowest BCUT2D eigenvalue weighted by Gasteiger charge is -2.03. The van der Waals surface area contributed by atoms with Crippen molar-refractivity contribution in [1.29, 1.82) is 0 Å². The fourth-order valence-electron chi connectivity index (χ4n) is 1.54. The van der Waals surface area contributed by atoms with Gasteiger partial charge in [0.15, 0.2) is 10.8 Å². The molecule has 1 unspecified atom stereocenters. The van der Waals surface area contributed by atoms with Crippen LogP contribution in [0.3, 0.4) is 0 Å². The van der Waals surface area contributed by atoms with Gasteiger partial charge in [0.05, 0.1) is 5.69 Å². The number of fused-ring (bicyclic) bond motifs is 1. The molecule has 0 radical (unpaired) electrons. The Balaban J connectivity index is 1.82. The Kier molecular flexibility index (Phi) is 2.19. The molecule has 16 heavy (non-hydrogen) atoms. The molecule has 0 aliphatic heterocycles. The number of aromatic amines is 1. The Labute approximate surface area is 94.6 Å². The van der Waals surface area contributed by atoms with Crippen LogP contribution in [0.25, 0.3) is 4.96 Å². The van der Waals surface area contributed by atoms with Crippen molar-refractivity contribution < 1.29 is 5.11 Å². The van der Waals surface area contributed by atoms with Gasteiger partial charge in [-0.3, -0.25) is 9.50 Å². The van der Waals surface area contributed by atoms with Crippen LogP contribution in [-0.4, -0.2) is 29.7 Å². The Morgan fingerprint density at radius 1 is 1.56 bits per heavy atom. The highest BCUT2D eigenvalue weighted by atomic mass is 32.1. The number of imidazole rings is 1. The monoisotopic (exact) mass is 235 g/mol. The molecule has 3 aromatic heterocycles. The molecule has 3 heterocycles. The summed E-state index contributed by atoms with van der Waals surface area (Å²) in [6, 6.07) is 0. The molecule has 0 fully saturated rings. The second kappa shape index (κ2) is 3.69. The van der Waals surface area contributed by atoms with Gasteiger partial charge >= 0.3 is 0 Å². The number of aliphatic hydroxyl groups is 1. The van der Waals surface area contributed by atoms with Crippen molar-refractivity contribution in [2.75, 3.05) is 0 Å². The van der Waals surface area contributed by atoms with Crippen molar-refractivity contribution in [3.63, 3.8) is 0 Å². The Bertz CT molecular complexity index is 555. The van der Waals surface area contributed by atoms with E-state index in [1.54, 1.807) is 11.3 Å². The van der Waals surface area contributed by atoms with E-state index in [0.717, 1.165) is 10.7 Å². The minimum atomic E-state index is -0.688. The summed E-state index contributed by atoms with van der Waals surface area (Å²) in [6.45, 7) is 0. The maximum atomic E-state index is 9.85. The quantitative estimate of drug-likeness (QED) is 0.703. The summed E-state index contributed by atoms with van der Waals surface area (Å²) in [5, 5.41) is 18.2. The lowest BCUT2D eigenvalue weighted by atomic mass is 10.2. The fraction of sp³-hybridized carbons (Fsp3) is 0.222. The number of hydrogen-bond donors (Lipinski definition) is 2. The predicted octanol–water partition coefficient (Wildman–Crippen LogP) is 0.790. The minimum absolute atomic E-state index is 0.434. The Morgan fingerprint density at radius 2 is 2.50 bits per heavy atom. The van der Waals surface area contributed by atoms with Crippen LogP contribution < -0.4 is 0 Å². The molecular weight excluding hydrogens is 226 g/mol. The van der Waals surface area contributed by atoms with Crippen LogP contribution in [0.15, 0.2) is 24.1 Å². The second-order valence-electron chi connectivity index (χ2n) is 3.42. The number of aromatic nitrogens is 5. The van der Waals surface area contributed by atoms with Gasteiger partial charge in [-0.1, -0.05) is 0 Å². The number of nitrogens with one attached hydrogen (secondary N) is 1. The molecule has 6 nitrogen and oxygen atoms in total. The molecule has 0 amide bonds. The van der Waals surface area contributed by atoms with Gasteiger partial charge in [-0.2, -0.15) is 5.10 Å². The molecule has 82 valence electrons. The topological polar surface area (TPSA) is 79.1 Å². The van der Waals surface area contributed by atoms with Gasteiger partial charge in [0, 0.05) is 24.2 Å². The zero-order valence-electron chi connectivity index (χ0n) is 8.24. The van der Waals surface area contributed by atoms with Gasteiger partial charge < -0.3 is 5.11 Å². The van der Waals surface area contributed by atoms with Crippen LogP contribution in [0.4, 0.5) is 0 Å². The highest BCUT2D eigenvalue weighted by Gasteiger charge is 2.13. The standard InChI is InChI=1S/C9H9N5OS/c15-7(8-10-5-11-13-8)3-6-4-14-1-2-16-9(14)12-6/h1-2,4-5,7,15H,3H2,(H,10,11,13). The van der Waals surface area contributed by atoms with E-state index in [-0.39, 0.29) is 0 Å². The summed E-state index contributed by atoms with van der Waals surface area (Å²) in [5.41, 5.74) is 0.843. The highest BCUT2D eigenvalue weighted by Crippen LogP contribution is 2.16. The lowest BCUT2D eigenvalue weighted by molar-refractivity contribution is 0.167. The van der Waals surface area contributed by atoms with Crippen LogP contribution in [0, 0.1) is 0 Å². The Morgan fingerprint density at radius 3 is 3.25 bits per heavy atom. The number of hydrogen-bond acceptors (Lipinski definition) is 5. The highest BCUT2D eigenvalue weighted by molar-refractivity contribution is 7.15. The average molecular weight is 235 g/mol. The molecular formula is C9H9N5OS. The molecule has 3 rings (SSSR count). The Hall–Kier alpha value is -1.73. The number of aliphatic hydroxyl groups excluding tert-OH is 1.